The summed E-state index contributed by atoms with van der Waals surface area (Å²) in [7, 11) is 0. The van der Waals surface area contributed by atoms with Gasteiger partial charge < -0.3 is 9.73 Å². The first-order chi connectivity index (χ1) is 9.63. The lowest BCUT2D eigenvalue weighted by atomic mass is 10.0. The van der Waals surface area contributed by atoms with Crippen LogP contribution in [0.1, 0.15) is 35.4 Å². The van der Waals surface area contributed by atoms with Crippen molar-refractivity contribution in [3.8, 4) is 0 Å². The number of aromatic nitrogens is 1. The molecule has 0 saturated heterocycles. The Morgan fingerprint density at radius 2 is 2.30 bits per heavy atom. The van der Waals surface area contributed by atoms with Crippen molar-refractivity contribution in [3.63, 3.8) is 0 Å². The Labute approximate surface area is 128 Å². The Morgan fingerprint density at radius 3 is 3.05 bits per heavy atom. The first kappa shape index (κ1) is 14.0. The summed E-state index contributed by atoms with van der Waals surface area (Å²) in [4.78, 5) is 5.73. The van der Waals surface area contributed by atoms with Gasteiger partial charge in [0.1, 0.15) is 5.76 Å². The molecule has 2 heterocycles. The predicted molar refractivity (Wildman–Crippen MR) is 82.4 cm³/mol. The third-order valence-electron chi connectivity index (χ3n) is 3.58. The first-order valence-electron chi connectivity index (χ1n) is 6.72. The van der Waals surface area contributed by atoms with Crippen LogP contribution in [-0.2, 0) is 6.54 Å². The van der Waals surface area contributed by atoms with Gasteiger partial charge in [0.25, 0.3) is 0 Å². The largest absolute Gasteiger partial charge is 0.444 e. The molecule has 0 saturated carbocycles. The molecule has 1 aliphatic heterocycles. The van der Waals surface area contributed by atoms with E-state index < -0.39 is 0 Å². The molecule has 106 valence electrons. The molecule has 1 unspecified atom stereocenters. The lowest BCUT2D eigenvalue weighted by Crippen LogP contribution is -2.24. The average Bonchev–Trinajstić information content (AvgIpc) is 2.75. The molecule has 1 aromatic carbocycles. The molecule has 0 radical (unpaired) electrons. The summed E-state index contributed by atoms with van der Waals surface area (Å²) in [5.41, 5.74) is 2.25. The monoisotopic (exact) mass is 308 g/mol. The maximum Gasteiger partial charge on any atom is 0.208 e. The Kier molecular flexibility index (Phi) is 4.06. The number of hydrogen-bond acceptors (Lipinski definition) is 4. The van der Waals surface area contributed by atoms with Crippen LogP contribution in [-0.4, -0.2) is 10.7 Å². The number of thioether (sulfide) groups is 1. The molecule has 2 aromatic rings. The number of benzene rings is 1. The van der Waals surface area contributed by atoms with Crippen LogP contribution in [0.4, 0.5) is 0 Å². The van der Waals surface area contributed by atoms with Gasteiger partial charge in [0.05, 0.1) is 12.2 Å². The first-order valence-corrected chi connectivity index (χ1v) is 8.08. The number of aryl methyl sites for hydroxylation is 2. The second-order valence-corrected chi connectivity index (χ2v) is 6.58. The van der Waals surface area contributed by atoms with E-state index in [1.165, 1.54) is 10.5 Å². The standard InChI is InChI=1S/C15H17ClN2OS/c1-9-10(2)19-15(18-9)8-17-13-5-6-20-14-4-3-11(16)7-12(13)14/h3-4,7,13,17H,5-6,8H2,1-2H3. The summed E-state index contributed by atoms with van der Waals surface area (Å²) in [5, 5.41) is 4.33. The molecule has 0 aliphatic carbocycles. The van der Waals surface area contributed by atoms with E-state index in [-0.39, 0.29) is 0 Å². The summed E-state index contributed by atoms with van der Waals surface area (Å²) in [6.07, 6.45) is 1.09. The van der Waals surface area contributed by atoms with E-state index in [2.05, 4.69) is 22.4 Å². The third kappa shape index (κ3) is 2.87. The van der Waals surface area contributed by atoms with Crippen molar-refractivity contribution >= 4 is 23.4 Å². The second kappa shape index (κ2) is 5.80. The van der Waals surface area contributed by atoms with Crippen LogP contribution in [0, 0.1) is 13.8 Å². The highest BCUT2D eigenvalue weighted by molar-refractivity contribution is 7.99. The van der Waals surface area contributed by atoms with Crippen molar-refractivity contribution in [2.75, 3.05) is 5.75 Å². The minimum absolute atomic E-state index is 0.317. The number of hydrogen-bond donors (Lipinski definition) is 1. The van der Waals surface area contributed by atoms with Gasteiger partial charge in [-0.3, -0.25) is 0 Å². The van der Waals surface area contributed by atoms with Gasteiger partial charge in [0, 0.05) is 16.0 Å². The normalized spacial score (nSPS) is 18.1. The van der Waals surface area contributed by atoms with Crippen LogP contribution < -0.4 is 5.32 Å². The van der Waals surface area contributed by atoms with Gasteiger partial charge in [-0.15, -0.1) is 11.8 Å². The van der Waals surface area contributed by atoms with E-state index in [1.54, 1.807) is 0 Å². The van der Waals surface area contributed by atoms with Gasteiger partial charge in [-0.25, -0.2) is 4.98 Å². The van der Waals surface area contributed by atoms with Crippen LogP contribution in [0.2, 0.25) is 5.02 Å². The summed E-state index contributed by atoms with van der Waals surface area (Å²) in [5.74, 6) is 2.77. The molecule has 1 aromatic heterocycles. The molecule has 0 fully saturated rings. The fourth-order valence-corrected chi connectivity index (χ4v) is 3.69. The summed E-state index contributed by atoms with van der Waals surface area (Å²) < 4.78 is 5.61. The predicted octanol–water partition coefficient (Wildman–Crippen LogP) is 4.27. The van der Waals surface area contributed by atoms with Crippen LogP contribution >= 0.6 is 23.4 Å². The van der Waals surface area contributed by atoms with Gasteiger partial charge in [-0.05, 0) is 49.8 Å². The highest BCUT2D eigenvalue weighted by Crippen LogP contribution is 2.37. The van der Waals surface area contributed by atoms with Gasteiger partial charge in [-0.1, -0.05) is 11.6 Å². The van der Waals surface area contributed by atoms with Crippen molar-refractivity contribution < 1.29 is 4.42 Å². The summed E-state index contributed by atoms with van der Waals surface area (Å²) in [6, 6.07) is 6.44. The molecule has 0 spiro atoms. The Bertz CT molecular complexity index is 607. The summed E-state index contributed by atoms with van der Waals surface area (Å²) >= 11 is 8.01. The topological polar surface area (TPSA) is 38.1 Å². The Morgan fingerprint density at radius 1 is 1.45 bits per heavy atom. The van der Waals surface area contributed by atoms with Crippen molar-refractivity contribution in [1.82, 2.24) is 10.3 Å². The van der Waals surface area contributed by atoms with Crippen molar-refractivity contribution in [2.24, 2.45) is 0 Å². The number of rotatable bonds is 3. The van der Waals surface area contributed by atoms with Gasteiger partial charge in [-0.2, -0.15) is 0 Å². The van der Waals surface area contributed by atoms with E-state index in [4.69, 9.17) is 16.0 Å². The van der Waals surface area contributed by atoms with Crippen LogP contribution in [0.25, 0.3) is 0 Å². The molecule has 3 rings (SSSR count). The van der Waals surface area contributed by atoms with Gasteiger partial charge in [0.2, 0.25) is 5.89 Å². The van der Waals surface area contributed by atoms with E-state index in [0.717, 1.165) is 34.5 Å². The molecule has 0 amide bonds. The van der Waals surface area contributed by atoms with Crippen LogP contribution in [0.3, 0.4) is 0 Å². The van der Waals surface area contributed by atoms with Gasteiger partial charge >= 0.3 is 0 Å². The van der Waals surface area contributed by atoms with E-state index >= 15 is 0 Å². The molecule has 1 N–H and O–H groups in total. The lowest BCUT2D eigenvalue weighted by molar-refractivity contribution is 0.417. The highest BCUT2D eigenvalue weighted by Gasteiger charge is 2.21. The molecule has 20 heavy (non-hydrogen) atoms. The number of nitrogens with zero attached hydrogens (tertiary/aromatic N) is 1. The minimum atomic E-state index is 0.317. The number of nitrogens with one attached hydrogen (secondary N) is 1. The number of halogens is 1. The van der Waals surface area contributed by atoms with Crippen molar-refractivity contribution in [3.05, 3.63) is 46.1 Å². The van der Waals surface area contributed by atoms with Crippen molar-refractivity contribution in [1.29, 1.82) is 0 Å². The van der Waals surface area contributed by atoms with Crippen LogP contribution in [0.15, 0.2) is 27.5 Å². The molecule has 1 atom stereocenters. The molecular formula is C15H17ClN2OS. The third-order valence-corrected chi connectivity index (χ3v) is 4.94. The smallest absolute Gasteiger partial charge is 0.208 e. The maximum absolute atomic E-state index is 6.12. The summed E-state index contributed by atoms with van der Waals surface area (Å²) in [6.45, 7) is 4.56. The second-order valence-electron chi connectivity index (χ2n) is 5.00. The fourth-order valence-electron chi connectivity index (χ4n) is 2.40. The molecule has 3 nitrogen and oxygen atoms in total. The minimum Gasteiger partial charge on any atom is -0.444 e. The van der Waals surface area contributed by atoms with Crippen molar-refractivity contribution in [2.45, 2.75) is 37.8 Å². The molecular weight excluding hydrogens is 292 g/mol. The van der Waals surface area contributed by atoms with E-state index in [1.807, 2.05) is 31.7 Å². The zero-order valence-corrected chi connectivity index (χ0v) is 13.1. The molecule has 5 heteroatoms. The average molecular weight is 309 g/mol. The quantitative estimate of drug-likeness (QED) is 0.919. The number of fused-ring (bicyclic) bond motifs is 1. The zero-order chi connectivity index (χ0) is 14.1. The Hall–Kier alpha value is -0.970. The highest BCUT2D eigenvalue weighted by atomic mass is 35.5. The maximum atomic E-state index is 6.12. The van der Waals surface area contributed by atoms with Gasteiger partial charge in [0.15, 0.2) is 0 Å². The molecule has 0 bridgehead atoms. The molecule has 1 aliphatic rings. The fraction of sp³-hybridized carbons (Fsp3) is 0.400. The van der Waals surface area contributed by atoms with E-state index in [9.17, 15) is 0 Å². The SMILES string of the molecule is Cc1nc(CNC2CCSc3ccc(Cl)cc32)oc1C. The van der Waals surface area contributed by atoms with E-state index in [0.29, 0.717) is 12.6 Å². The number of oxazole rings is 1. The lowest BCUT2D eigenvalue weighted by Gasteiger charge is -2.25. The van der Waals surface area contributed by atoms with Crippen LogP contribution in [0.5, 0.6) is 0 Å². The Balaban J connectivity index is 1.74. The zero-order valence-electron chi connectivity index (χ0n) is 11.6.